The summed E-state index contributed by atoms with van der Waals surface area (Å²) in [6.07, 6.45) is 1.29. The standard InChI is InChI=1S/C9H7N5O2/c10-9-12-5-11-8(13-9)6-1-3-7(4-2-6)14(15)16/h1-5H,(H2,10,11,12,13). The molecule has 0 bridgehead atoms. The predicted octanol–water partition coefficient (Wildman–Crippen LogP) is 1.03. The lowest BCUT2D eigenvalue weighted by molar-refractivity contribution is -0.384. The summed E-state index contributed by atoms with van der Waals surface area (Å²) in [5, 5.41) is 10.4. The molecule has 0 aliphatic carbocycles. The quantitative estimate of drug-likeness (QED) is 0.594. The molecule has 0 saturated heterocycles. The van der Waals surface area contributed by atoms with Crippen LogP contribution in [0.5, 0.6) is 0 Å². The number of non-ortho nitro benzene ring substituents is 1. The number of benzene rings is 1. The SMILES string of the molecule is Nc1ncnc(-c2ccc([N+](=O)[O-])cc2)n1. The van der Waals surface area contributed by atoms with Crippen molar-refractivity contribution in [2.24, 2.45) is 0 Å². The summed E-state index contributed by atoms with van der Waals surface area (Å²) in [6.45, 7) is 0. The fourth-order valence-corrected chi connectivity index (χ4v) is 1.18. The molecule has 7 heteroatoms. The smallest absolute Gasteiger partial charge is 0.269 e. The molecular formula is C9H7N5O2. The molecular weight excluding hydrogens is 210 g/mol. The van der Waals surface area contributed by atoms with Gasteiger partial charge in [0.15, 0.2) is 5.82 Å². The molecule has 80 valence electrons. The minimum absolute atomic E-state index is 0.0192. The van der Waals surface area contributed by atoms with Gasteiger partial charge in [-0.3, -0.25) is 10.1 Å². The van der Waals surface area contributed by atoms with Gasteiger partial charge in [-0.1, -0.05) is 0 Å². The van der Waals surface area contributed by atoms with Gasteiger partial charge in [0.1, 0.15) is 6.33 Å². The van der Waals surface area contributed by atoms with Crippen molar-refractivity contribution in [1.82, 2.24) is 15.0 Å². The Morgan fingerprint density at radius 3 is 2.44 bits per heavy atom. The van der Waals surface area contributed by atoms with Crippen molar-refractivity contribution in [2.75, 3.05) is 5.73 Å². The Hall–Kier alpha value is -2.57. The number of nitrogens with two attached hydrogens (primary N) is 1. The zero-order chi connectivity index (χ0) is 11.5. The molecule has 7 nitrogen and oxygen atoms in total. The maximum Gasteiger partial charge on any atom is 0.269 e. The Balaban J connectivity index is 2.38. The lowest BCUT2D eigenvalue weighted by atomic mass is 10.2. The van der Waals surface area contributed by atoms with E-state index >= 15 is 0 Å². The highest BCUT2D eigenvalue weighted by Gasteiger charge is 2.06. The van der Waals surface area contributed by atoms with Crippen LogP contribution in [0.1, 0.15) is 0 Å². The van der Waals surface area contributed by atoms with E-state index < -0.39 is 4.92 Å². The molecule has 0 fully saturated rings. The summed E-state index contributed by atoms with van der Waals surface area (Å²) in [6, 6.07) is 5.89. The van der Waals surface area contributed by atoms with Gasteiger partial charge in [-0.2, -0.15) is 4.98 Å². The third-order valence-corrected chi connectivity index (χ3v) is 1.93. The number of nitrogens with zero attached hydrogens (tertiary/aromatic N) is 4. The number of aromatic nitrogens is 3. The van der Waals surface area contributed by atoms with Gasteiger partial charge in [0, 0.05) is 17.7 Å². The van der Waals surface area contributed by atoms with E-state index in [1.807, 2.05) is 0 Å². The Kier molecular flexibility index (Phi) is 2.42. The van der Waals surface area contributed by atoms with E-state index in [1.165, 1.54) is 18.5 Å². The van der Waals surface area contributed by atoms with Crippen LogP contribution in [-0.2, 0) is 0 Å². The first-order valence-corrected chi connectivity index (χ1v) is 4.36. The zero-order valence-corrected chi connectivity index (χ0v) is 8.07. The number of hydrogen-bond donors (Lipinski definition) is 1. The third kappa shape index (κ3) is 1.92. The van der Waals surface area contributed by atoms with Crippen LogP contribution in [0.3, 0.4) is 0 Å². The van der Waals surface area contributed by atoms with Crippen molar-refractivity contribution in [2.45, 2.75) is 0 Å². The summed E-state index contributed by atoms with van der Waals surface area (Å²) in [5.41, 5.74) is 6.08. The minimum Gasteiger partial charge on any atom is -0.368 e. The predicted molar refractivity (Wildman–Crippen MR) is 56.3 cm³/mol. The van der Waals surface area contributed by atoms with Crippen LogP contribution in [-0.4, -0.2) is 19.9 Å². The molecule has 2 aromatic rings. The molecule has 0 aliphatic heterocycles. The van der Waals surface area contributed by atoms with Gasteiger partial charge in [0.05, 0.1) is 4.92 Å². The van der Waals surface area contributed by atoms with Crippen LogP contribution < -0.4 is 5.73 Å². The molecule has 0 atom stereocenters. The lowest BCUT2D eigenvalue weighted by Gasteiger charge is -1.99. The van der Waals surface area contributed by atoms with E-state index in [4.69, 9.17) is 5.73 Å². The molecule has 0 aliphatic rings. The Bertz CT molecular complexity index is 526. The molecule has 16 heavy (non-hydrogen) atoms. The number of nitro benzene ring substituents is 1. The molecule has 0 radical (unpaired) electrons. The van der Waals surface area contributed by atoms with Crippen molar-refractivity contribution in [3.8, 4) is 11.4 Å². The fraction of sp³-hybridized carbons (Fsp3) is 0. The van der Waals surface area contributed by atoms with Crippen LogP contribution in [0.2, 0.25) is 0 Å². The maximum atomic E-state index is 10.4. The van der Waals surface area contributed by atoms with Crippen LogP contribution >= 0.6 is 0 Å². The summed E-state index contributed by atoms with van der Waals surface area (Å²) < 4.78 is 0. The Morgan fingerprint density at radius 1 is 1.19 bits per heavy atom. The zero-order valence-electron chi connectivity index (χ0n) is 8.07. The second kappa shape index (κ2) is 3.89. The van der Waals surface area contributed by atoms with Gasteiger partial charge < -0.3 is 5.73 Å². The van der Waals surface area contributed by atoms with E-state index in [0.717, 1.165) is 0 Å². The van der Waals surface area contributed by atoms with Crippen LogP contribution in [0.4, 0.5) is 11.6 Å². The lowest BCUT2D eigenvalue weighted by Crippen LogP contribution is -1.98. The number of anilines is 1. The van der Waals surface area contributed by atoms with Crippen molar-refractivity contribution >= 4 is 11.6 Å². The van der Waals surface area contributed by atoms with Gasteiger partial charge in [0.2, 0.25) is 5.95 Å². The largest absolute Gasteiger partial charge is 0.368 e. The van der Waals surface area contributed by atoms with Gasteiger partial charge in [-0.05, 0) is 12.1 Å². The van der Waals surface area contributed by atoms with E-state index in [9.17, 15) is 10.1 Å². The van der Waals surface area contributed by atoms with Crippen LogP contribution in [0.15, 0.2) is 30.6 Å². The van der Waals surface area contributed by atoms with Crippen molar-refractivity contribution in [3.63, 3.8) is 0 Å². The topological polar surface area (TPSA) is 108 Å². The van der Waals surface area contributed by atoms with E-state index in [1.54, 1.807) is 12.1 Å². The molecule has 2 N–H and O–H groups in total. The van der Waals surface area contributed by atoms with E-state index in [-0.39, 0.29) is 11.6 Å². The van der Waals surface area contributed by atoms with Gasteiger partial charge in [-0.25, -0.2) is 9.97 Å². The van der Waals surface area contributed by atoms with Gasteiger partial charge in [0.25, 0.3) is 5.69 Å². The first kappa shape index (κ1) is 9.97. The molecule has 1 aromatic heterocycles. The first-order valence-electron chi connectivity index (χ1n) is 4.36. The average molecular weight is 217 g/mol. The van der Waals surface area contributed by atoms with E-state index in [2.05, 4.69) is 15.0 Å². The molecule has 0 spiro atoms. The fourth-order valence-electron chi connectivity index (χ4n) is 1.18. The number of nitrogen functional groups attached to an aromatic ring is 1. The molecule has 0 saturated carbocycles. The molecule has 1 heterocycles. The molecule has 1 aromatic carbocycles. The van der Waals surface area contributed by atoms with Crippen LogP contribution in [0.25, 0.3) is 11.4 Å². The number of nitro groups is 1. The highest BCUT2D eigenvalue weighted by atomic mass is 16.6. The molecule has 0 amide bonds. The second-order valence-corrected chi connectivity index (χ2v) is 2.97. The van der Waals surface area contributed by atoms with Gasteiger partial charge in [-0.15, -0.1) is 0 Å². The highest BCUT2D eigenvalue weighted by molar-refractivity contribution is 5.57. The third-order valence-electron chi connectivity index (χ3n) is 1.93. The van der Waals surface area contributed by atoms with Crippen LogP contribution in [0, 0.1) is 10.1 Å². The Morgan fingerprint density at radius 2 is 1.88 bits per heavy atom. The van der Waals surface area contributed by atoms with Crippen molar-refractivity contribution < 1.29 is 4.92 Å². The van der Waals surface area contributed by atoms with Crippen molar-refractivity contribution in [3.05, 3.63) is 40.7 Å². The van der Waals surface area contributed by atoms with Crippen molar-refractivity contribution in [1.29, 1.82) is 0 Å². The number of hydrogen-bond acceptors (Lipinski definition) is 6. The second-order valence-electron chi connectivity index (χ2n) is 2.97. The first-order chi connectivity index (χ1) is 7.66. The maximum absolute atomic E-state index is 10.4. The summed E-state index contributed by atoms with van der Waals surface area (Å²) >= 11 is 0. The normalized spacial score (nSPS) is 10.0. The molecule has 0 unspecified atom stereocenters. The Labute approximate surface area is 90.1 Å². The minimum atomic E-state index is -0.467. The van der Waals surface area contributed by atoms with E-state index in [0.29, 0.717) is 11.4 Å². The number of rotatable bonds is 2. The highest BCUT2D eigenvalue weighted by Crippen LogP contribution is 2.18. The summed E-state index contributed by atoms with van der Waals surface area (Å²) in [4.78, 5) is 21.5. The summed E-state index contributed by atoms with van der Waals surface area (Å²) in [5.74, 6) is 0.505. The monoisotopic (exact) mass is 217 g/mol. The average Bonchev–Trinajstić information content (AvgIpc) is 2.29. The summed E-state index contributed by atoms with van der Waals surface area (Å²) in [7, 11) is 0. The van der Waals surface area contributed by atoms with Gasteiger partial charge >= 0.3 is 0 Å². The molecule has 2 rings (SSSR count).